The molecule has 1 atom stereocenters. The third-order valence-electron chi connectivity index (χ3n) is 6.03. The van der Waals surface area contributed by atoms with E-state index in [1.165, 1.54) is 0 Å². The average Bonchev–Trinajstić information content (AvgIpc) is 2.99. The van der Waals surface area contributed by atoms with E-state index in [4.69, 9.17) is 4.74 Å². The fraction of sp³-hybridized carbons (Fsp3) is 0.773. The summed E-state index contributed by atoms with van der Waals surface area (Å²) in [6.45, 7) is 4.91. The normalized spacial score (nSPS) is 21.5. The smallest absolute Gasteiger partial charge is 0.308 e. The first kappa shape index (κ1) is 25.0. The number of hydrazine groups is 1. The largest absolute Gasteiger partial charge is 0.381 e. The van der Waals surface area contributed by atoms with E-state index in [2.05, 4.69) is 10.7 Å². The SMILES string of the molecule is CC.O=C(NN1C(=O)CCC1=O)C(=O)C(NC(=O)C1CCCCCC1)C1CCOCC1. The molecule has 2 N–H and O–H groups in total. The Kier molecular flexibility index (Phi) is 10.1. The number of Topliss-reactive ketones (excluding diaryl/α,β-unsaturated/α-hetero) is 1. The van der Waals surface area contributed by atoms with Gasteiger partial charge in [-0.05, 0) is 31.6 Å². The van der Waals surface area contributed by atoms with Crippen LogP contribution in [0.2, 0.25) is 0 Å². The number of ether oxygens (including phenoxy) is 1. The molecule has 2 aliphatic heterocycles. The third kappa shape index (κ3) is 6.85. The topological polar surface area (TPSA) is 122 Å². The van der Waals surface area contributed by atoms with Crippen molar-refractivity contribution in [2.24, 2.45) is 11.8 Å². The number of imide groups is 1. The number of ketones is 1. The van der Waals surface area contributed by atoms with Gasteiger partial charge in [0.2, 0.25) is 23.5 Å². The highest BCUT2D eigenvalue weighted by Crippen LogP contribution is 2.25. The Morgan fingerprint density at radius 1 is 0.903 bits per heavy atom. The molecule has 2 saturated heterocycles. The highest BCUT2D eigenvalue weighted by molar-refractivity contribution is 6.39. The predicted octanol–water partition coefficient (Wildman–Crippen LogP) is 1.64. The molecule has 2 heterocycles. The van der Waals surface area contributed by atoms with E-state index in [1.807, 2.05) is 13.8 Å². The minimum atomic E-state index is -1.05. The van der Waals surface area contributed by atoms with Gasteiger partial charge in [-0.15, -0.1) is 0 Å². The standard InChI is InChI=1S/C20H29N3O6.C2H6/c24-15-7-8-16(25)23(15)22-20(28)18(26)17(13-9-11-29-12-10-13)21-19(27)14-5-3-1-2-4-6-14;1-2/h13-14,17H,1-12H2,(H,21,27)(H,22,28);1-2H3. The lowest BCUT2D eigenvalue weighted by Crippen LogP contribution is -2.56. The highest BCUT2D eigenvalue weighted by Gasteiger charge is 2.39. The molecule has 0 bridgehead atoms. The maximum absolute atomic E-state index is 12.9. The van der Waals surface area contributed by atoms with Crippen LogP contribution in [0.5, 0.6) is 0 Å². The summed E-state index contributed by atoms with van der Waals surface area (Å²) in [6.07, 6.45) is 6.85. The zero-order valence-corrected chi connectivity index (χ0v) is 18.6. The maximum atomic E-state index is 12.9. The zero-order chi connectivity index (χ0) is 22.8. The number of hydrogen-bond acceptors (Lipinski definition) is 6. The number of rotatable bonds is 6. The summed E-state index contributed by atoms with van der Waals surface area (Å²) in [6, 6.07) is -0.984. The van der Waals surface area contributed by atoms with Gasteiger partial charge in [0, 0.05) is 32.0 Å². The fourth-order valence-corrected chi connectivity index (χ4v) is 4.26. The highest BCUT2D eigenvalue weighted by atomic mass is 16.5. The molecule has 4 amide bonds. The summed E-state index contributed by atoms with van der Waals surface area (Å²) >= 11 is 0. The van der Waals surface area contributed by atoms with Crippen molar-refractivity contribution in [2.75, 3.05) is 13.2 Å². The van der Waals surface area contributed by atoms with Crippen LogP contribution in [0.15, 0.2) is 0 Å². The van der Waals surface area contributed by atoms with Crippen LogP contribution < -0.4 is 10.7 Å². The molecule has 3 aliphatic rings. The molecule has 9 heteroatoms. The van der Waals surface area contributed by atoms with E-state index in [0.717, 1.165) is 38.5 Å². The van der Waals surface area contributed by atoms with Crippen LogP contribution in [0.4, 0.5) is 0 Å². The van der Waals surface area contributed by atoms with Crippen LogP contribution in [0, 0.1) is 11.8 Å². The molecule has 0 spiro atoms. The molecule has 1 unspecified atom stereocenters. The first-order valence-electron chi connectivity index (χ1n) is 11.6. The van der Waals surface area contributed by atoms with Crippen molar-refractivity contribution in [1.82, 2.24) is 15.8 Å². The molecule has 3 fully saturated rings. The van der Waals surface area contributed by atoms with E-state index >= 15 is 0 Å². The molecule has 0 aromatic heterocycles. The second kappa shape index (κ2) is 12.5. The van der Waals surface area contributed by atoms with Crippen molar-refractivity contribution < 1.29 is 28.7 Å². The first-order chi connectivity index (χ1) is 15.0. The summed E-state index contributed by atoms with van der Waals surface area (Å²) < 4.78 is 5.34. The number of nitrogens with one attached hydrogen (secondary N) is 2. The van der Waals surface area contributed by atoms with Gasteiger partial charge in [0.25, 0.3) is 0 Å². The Morgan fingerprint density at radius 3 is 2.00 bits per heavy atom. The second-order valence-corrected chi connectivity index (χ2v) is 8.05. The number of nitrogens with zero attached hydrogens (tertiary/aromatic N) is 1. The quantitative estimate of drug-likeness (QED) is 0.370. The summed E-state index contributed by atoms with van der Waals surface area (Å²) in [5.41, 5.74) is 2.12. The van der Waals surface area contributed by atoms with Crippen LogP contribution in [0.3, 0.4) is 0 Å². The average molecular weight is 438 g/mol. The summed E-state index contributed by atoms with van der Waals surface area (Å²) in [7, 11) is 0. The molecule has 0 radical (unpaired) electrons. The Hall–Kier alpha value is -2.29. The van der Waals surface area contributed by atoms with Gasteiger partial charge in [0.05, 0.1) is 0 Å². The van der Waals surface area contributed by atoms with Gasteiger partial charge in [-0.2, -0.15) is 5.01 Å². The molecule has 1 saturated carbocycles. The molecule has 3 rings (SSSR count). The van der Waals surface area contributed by atoms with Crippen molar-refractivity contribution in [1.29, 1.82) is 0 Å². The fourth-order valence-electron chi connectivity index (χ4n) is 4.26. The Bertz CT molecular complexity index is 650. The Balaban J connectivity index is 0.00000166. The maximum Gasteiger partial charge on any atom is 0.308 e. The van der Waals surface area contributed by atoms with Gasteiger partial charge < -0.3 is 10.1 Å². The van der Waals surface area contributed by atoms with E-state index in [-0.39, 0.29) is 30.6 Å². The summed E-state index contributed by atoms with van der Waals surface area (Å²) in [5, 5.41) is 3.42. The molecule has 174 valence electrons. The van der Waals surface area contributed by atoms with Gasteiger partial charge >= 0.3 is 5.91 Å². The van der Waals surface area contributed by atoms with Crippen LogP contribution in [0.25, 0.3) is 0 Å². The summed E-state index contributed by atoms with van der Waals surface area (Å²) in [4.78, 5) is 61.7. The molecule has 9 nitrogen and oxygen atoms in total. The molecule has 31 heavy (non-hydrogen) atoms. The minimum Gasteiger partial charge on any atom is -0.381 e. The van der Waals surface area contributed by atoms with Gasteiger partial charge in [0.15, 0.2) is 0 Å². The summed E-state index contributed by atoms with van der Waals surface area (Å²) in [5.74, 6) is -3.53. The van der Waals surface area contributed by atoms with Crippen molar-refractivity contribution in [3.8, 4) is 0 Å². The number of amides is 4. The third-order valence-corrected chi connectivity index (χ3v) is 6.03. The number of carbonyl (C=O) groups is 5. The van der Waals surface area contributed by atoms with E-state index in [1.54, 1.807) is 0 Å². The van der Waals surface area contributed by atoms with Crippen molar-refractivity contribution >= 4 is 29.4 Å². The molecule has 0 aromatic rings. The van der Waals surface area contributed by atoms with E-state index < -0.39 is 29.5 Å². The van der Waals surface area contributed by atoms with Crippen LogP contribution >= 0.6 is 0 Å². The Labute approximate surface area is 183 Å². The van der Waals surface area contributed by atoms with Crippen molar-refractivity contribution in [2.45, 2.75) is 84.1 Å². The molecular weight excluding hydrogens is 402 g/mol. The van der Waals surface area contributed by atoms with Gasteiger partial charge in [0.1, 0.15) is 6.04 Å². The lowest BCUT2D eigenvalue weighted by molar-refractivity contribution is -0.152. The molecular formula is C22H35N3O6. The van der Waals surface area contributed by atoms with Gasteiger partial charge in [-0.25, -0.2) is 0 Å². The molecule has 1 aliphatic carbocycles. The van der Waals surface area contributed by atoms with E-state index in [9.17, 15) is 24.0 Å². The van der Waals surface area contributed by atoms with Crippen molar-refractivity contribution in [3.05, 3.63) is 0 Å². The van der Waals surface area contributed by atoms with Gasteiger partial charge in [-0.1, -0.05) is 39.5 Å². The Morgan fingerprint density at radius 2 is 1.45 bits per heavy atom. The van der Waals surface area contributed by atoms with Gasteiger partial charge in [-0.3, -0.25) is 29.4 Å². The number of hydrogen-bond donors (Lipinski definition) is 2. The second-order valence-electron chi connectivity index (χ2n) is 8.05. The van der Waals surface area contributed by atoms with Crippen molar-refractivity contribution in [3.63, 3.8) is 0 Å². The first-order valence-corrected chi connectivity index (χ1v) is 11.6. The van der Waals surface area contributed by atoms with Crippen LogP contribution in [0.1, 0.15) is 78.1 Å². The van der Waals surface area contributed by atoms with Crippen LogP contribution in [-0.2, 0) is 28.7 Å². The minimum absolute atomic E-state index is 0.00904. The zero-order valence-electron chi connectivity index (χ0n) is 18.6. The molecule has 0 aromatic carbocycles. The lowest BCUT2D eigenvalue weighted by atomic mass is 9.87. The predicted molar refractivity (Wildman–Crippen MR) is 112 cm³/mol. The lowest BCUT2D eigenvalue weighted by Gasteiger charge is -2.31. The monoisotopic (exact) mass is 437 g/mol. The number of carbonyl (C=O) groups excluding carboxylic acids is 5. The van der Waals surface area contributed by atoms with E-state index in [0.29, 0.717) is 31.1 Å². The van der Waals surface area contributed by atoms with Crippen LogP contribution in [-0.4, -0.2) is 53.7 Å².